The lowest BCUT2D eigenvalue weighted by Gasteiger charge is -2.38. The molecule has 11 heteroatoms. The average Bonchev–Trinajstić information content (AvgIpc) is 2.79. The number of phenolic OH excluding ortho intramolecular Hbond substituents is 1. The van der Waals surface area contributed by atoms with Gasteiger partial charge in [0.05, 0.1) is 23.4 Å². The highest BCUT2D eigenvalue weighted by Gasteiger charge is 2.32. The summed E-state index contributed by atoms with van der Waals surface area (Å²) in [5.41, 5.74) is -0.479. The van der Waals surface area contributed by atoms with E-state index in [0.717, 1.165) is 25.5 Å². The molecule has 4 rings (SSSR count). The molecular formula is C25H32F3N5O3. The van der Waals surface area contributed by atoms with Gasteiger partial charge in [0, 0.05) is 31.2 Å². The van der Waals surface area contributed by atoms with Crippen LogP contribution in [0.15, 0.2) is 24.3 Å². The minimum absolute atomic E-state index is 0.0626. The lowest BCUT2D eigenvalue weighted by atomic mass is 9.94. The first kappa shape index (κ1) is 26.2. The third-order valence-electron chi connectivity index (χ3n) is 6.97. The van der Waals surface area contributed by atoms with Gasteiger partial charge >= 0.3 is 6.18 Å². The number of hydrogen-bond acceptors (Lipinski definition) is 7. The predicted molar refractivity (Wildman–Crippen MR) is 128 cm³/mol. The highest BCUT2D eigenvalue weighted by Crippen LogP contribution is 2.37. The van der Waals surface area contributed by atoms with Gasteiger partial charge in [0.1, 0.15) is 11.6 Å². The Morgan fingerprint density at radius 1 is 1.19 bits per heavy atom. The molecule has 0 saturated carbocycles. The van der Waals surface area contributed by atoms with Crippen molar-refractivity contribution in [3.63, 3.8) is 0 Å². The summed E-state index contributed by atoms with van der Waals surface area (Å²) in [4.78, 5) is 16.7. The van der Waals surface area contributed by atoms with Crippen LogP contribution in [0.25, 0.3) is 11.3 Å². The lowest BCUT2D eigenvalue weighted by molar-refractivity contribution is -0.138. The van der Waals surface area contributed by atoms with E-state index in [4.69, 9.17) is 0 Å². The number of nitrogens with zero attached hydrogens (tertiary/aromatic N) is 4. The Labute approximate surface area is 208 Å². The van der Waals surface area contributed by atoms with Crippen LogP contribution in [-0.4, -0.2) is 80.5 Å². The molecule has 36 heavy (non-hydrogen) atoms. The van der Waals surface area contributed by atoms with Gasteiger partial charge in [-0.15, -0.1) is 10.2 Å². The van der Waals surface area contributed by atoms with Crippen LogP contribution in [0.5, 0.6) is 5.75 Å². The number of carbonyl (C=O) groups is 1. The van der Waals surface area contributed by atoms with Gasteiger partial charge in [-0.2, -0.15) is 13.2 Å². The average molecular weight is 508 g/mol. The molecule has 1 aromatic carbocycles. The fourth-order valence-electron chi connectivity index (χ4n) is 4.79. The summed E-state index contributed by atoms with van der Waals surface area (Å²) >= 11 is 0. The minimum atomic E-state index is -4.54. The van der Waals surface area contributed by atoms with Gasteiger partial charge in [0.15, 0.2) is 0 Å². The van der Waals surface area contributed by atoms with Gasteiger partial charge < -0.3 is 20.4 Å². The fraction of sp³-hybridized carbons (Fsp3) is 0.560. The van der Waals surface area contributed by atoms with E-state index in [0.29, 0.717) is 62.2 Å². The molecule has 1 amide bonds. The number of aromatic hydroxyl groups is 1. The highest BCUT2D eigenvalue weighted by atomic mass is 19.4. The topological polar surface area (TPSA) is 102 Å². The summed E-state index contributed by atoms with van der Waals surface area (Å²) < 4.78 is 38.7. The molecule has 196 valence electrons. The van der Waals surface area contributed by atoms with Crippen molar-refractivity contribution in [2.75, 3.05) is 38.0 Å². The minimum Gasteiger partial charge on any atom is -0.507 e. The van der Waals surface area contributed by atoms with Gasteiger partial charge in [0.2, 0.25) is 5.91 Å². The standard InChI is InChI=1S/C25H32F3N5O3/c1-16-12-21(30-31-23(16)19-6-5-17(13-20(19)34)25(26,27)28)29-18-4-3-9-32(14-18)15-22(35)33-10-7-24(2,36)8-11-33/h5-6,12-13,18,34,36H,3-4,7-11,14-15H2,1-2H3,(H,29,30)/t18-/m1/s1. The molecule has 1 atom stereocenters. The molecule has 0 aliphatic carbocycles. The molecule has 2 aliphatic heterocycles. The summed E-state index contributed by atoms with van der Waals surface area (Å²) in [7, 11) is 0. The molecule has 1 aromatic heterocycles. The number of amides is 1. The number of halogens is 3. The SMILES string of the molecule is Cc1cc(N[C@@H]2CCCN(CC(=O)N3CCC(C)(O)CC3)C2)nnc1-c1ccc(C(F)(F)F)cc1O. The molecule has 3 N–H and O–H groups in total. The van der Waals surface area contributed by atoms with Crippen LogP contribution in [0.1, 0.15) is 43.7 Å². The quantitative estimate of drug-likeness (QED) is 0.570. The fourth-order valence-corrected chi connectivity index (χ4v) is 4.79. The predicted octanol–water partition coefficient (Wildman–Crippen LogP) is 3.43. The number of aromatic nitrogens is 2. The van der Waals surface area contributed by atoms with Crippen LogP contribution in [0, 0.1) is 6.92 Å². The highest BCUT2D eigenvalue weighted by molar-refractivity contribution is 5.78. The zero-order valence-electron chi connectivity index (χ0n) is 20.5. The molecule has 8 nitrogen and oxygen atoms in total. The summed E-state index contributed by atoms with van der Waals surface area (Å²) in [5, 5.41) is 32.0. The van der Waals surface area contributed by atoms with Crippen molar-refractivity contribution in [2.24, 2.45) is 0 Å². The smallest absolute Gasteiger partial charge is 0.416 e. The zero-order valence-corrected chi connectivity index (χ0v) is 20.5. The van der Waals surface area contributed by atoms with Crippen LogP contribution in [0.4, 0.5) is 19.0 Å². The molecule has 2 saturated heterocycles. The maximum Gasteiger partial charge on any atom is 0.416 e. The second-order valence-corrected chi connectivity index (χ2v) is 10.1. The van der Waals surface area contributed by atoms with Gasteiger partial charge in [-0.1, -0.05) is 0 Å². The second kappa shape index (κ2) is 10.2. The summed E-state index contributed by atoms with van der Waals surface area (Å²) in [5.74, 6) is 0.0921. The Kier molecular flexibility index (Phi) is 7.42. The number of benzene rings is 1. The molecule has 3 heterocycles. The maximum atomic E-state index is 12.9. The number of anilines is 1. The van der Waals surface area contributed by atoms with E-state index in [1.165, 1.54) is 6.07 Å². The number of carbonyl (C=O) groups excluding carboxylic acids is 1. The molecular weight excluding hydrogens is 475 g/mol. The Bertz CT molecular complexity index is 1100. The van der Waals surface area contributed by atoms with Crippen molar-refractivity contribution < 1.29 is 28.2 Å². The largest absolute Gasteiger partial charge is 0.507 e. The Hall–Kier alpha value is -2.92. The van der Waals surface area contributed by atoms with E-state index < -0.39 is 23.1 Å². The van der Waals surface area contributed by atoms with Crippen molar-refractivity contribution in [3.05, 3.63) is 35.4 Å². The molecule has 2 aromatic rings. The number of alkyl halides is 3. The van der Waals surface area contributed by atoms with Crippen molar-refractivity contribution >= 4 is 11.7 Å². The normalized spacial score (nSPS) is 20.8. The third-order valence-corrected chi connectivity index (χ3v) is 6.97. The van der Waals surface area contributed by atoms with E-state index in [1.807, 2.05) is 4.90 Å². The monoisotopic (exact) mass is 507 g/mol. The Morgan fingerprint density at radius 2 is 1.92 bits per heavy atom. The van der Waals surface area contributed by atoms with Crippen molar-refractivity contribution in [2.45, 2.75) is 57.3 Å². The van der Waals surface area contributed by atoms with Crippen LogP contribution >= 0.6 is 0 Å². The van der Waals surface area contributed by atoms with E-state index in [2.05, 4.69) is 20.4 Å². The van der Waals surface area contributed by atoms with Crippen LogP contribution < -0.4 is 5.32 Å². The van der Waals surface area contributed by atoms with Crippen LogP contribution in [-0.2, 0) is 11.0 Å². The second-order valence-electron chi connectivity index (χ2n) is 10.1. The number of aryl methyl sites for hydroxylation is 1. The first-order valence-electron chi connectivity index (χ1n) is 12.2. The van der Waals surface area contributed by atoms with Crippen LogP contribution in [0.3, 0.4) is 0 Å². The maximum absolute atomic E-state index is 12.9. The Morgan fingerprint density at radius 3 is 2.56 bits per heavy atom. The number of phenols is 1. The number of piperidine rings is 2. The van der Waals surface area contributed by atoms with E-state index >= 15 is 0 Å². The van der Waals surface area contributed by atoms with E-state index in [-0.39, 0.29) is 17.5 Å². The van der Waals surface area contributed by atoms with Gasteiger partial charge in [0.25, 0.3) is 0 Å². The molecule has 0 unspecified atom stereocenters. The van der Waals surface area contributed by atoms with Crippen LogP contribution in [0.2, 0.25) is 0 Å². The van der Waals surface area contributed by atoms with Gasteiger partial charge in [-0.05, 0) is 75.9 Å². The molecule has 0 spiro atoms. The van der Waals surface area contributed by atoms with Gasteiger partial charge in [-0.25, -0.2) is 0 Å². The molecule has 0 radical (unpaired) electrons. The van der Waals surface area contributed by atoms with E-state index in [1.54, 1.807) is 19.9 Å². The molecule has 2 fully saturated rings. The number of aliphatic hydroxyl groups is 1. The van der Waals surface area contributed by atoms with Crippen molar-refractivity contribution in [1.82, 2.24) is 20.0 Å². The van der Waals surface area contributed by atoms with E-state index in [9.17, 15) is 28.2 Å². The van der Waals surface area contributed by atoms with Gasteiger partial charge in [-0.3, -0.25) is 9.69 Å². The van der Waals surface area contributed by atoms with Crippen molar-refractivity contribution in [1.29, 1.82) is 0 Å². The summed E-state index contributed by atoms with van der Waals surface area (Å²) in [6, 6.07) is 4.61. The number of rotatable bonds is 5. The first-order chi connectivity index (χ1) is 16.9. The lowest BCUT2D eigenvalue weighted by Crippen LogP contribution is -2.50. The summed E-state index contributed by atoms with van der Waals surface area (Å²) in [6.45, 7) is 6.52. The zero-order chi connectivity index (χ0) is 26.1. The number of hydrogen-bond donors (Lipinski definition) is 3. The Balaban J connectivity index is 1.36. The third kappa shape index (κ3) is 6.25. The van der Waals surface area contributed by atoms with Crippen molar-refractivity contribution in [3.8, 4) is 17.0 Å². The summed E-state index contributed by atoms with van der Waals surface area (Å²) in [6.07, 6.45) is -1.55. The molecule has 0 bridgehead atoms. The molecule has 2 aliphatic rings. The first-order valence-corrected chi connectivity index (χ1v) is 12.2. The number of likely N-dealkylation sites (tertiary alicyclic amines) is 2. The number of nitrogens with one attached hydrogen (secondary N) is 1.